The van der Waals surface area contributed by atoms with Gasteiger partial charge in [0.25, 0.3) is 0 Å². The zero-order valence-corrected chi connectivity index (χ0v) is 10.9. The summed E-state index contributed by atoms with van der Waals surface area (Å²) in [5.74, 6) is 0. The van der Waals surface area contributed by atoms with E-state index in [4.69, 9.17) is 11.6 Å². The molecule has 2 rings (SSSR count). The smallest absolute Gasteiger partial charge is 0.226 e. The van der Waals surface area contributed by atoms with Crippen molar-refractivity contribution >= 4 is 16.8 Å². The topological polar surface area (TPSA) is 17.1 Å². The lowest BCUT2D eigenvalue weighted by Gasteiger charge is -2.07. The standard InChI is InChI=1S/C16H15ClO/c17-16(18)12-15-9-5-4-8-14(15)11-10-13-6-2-1-3-7-13/h1-9H,10-12H2. The molecule has 92 valence electrons. The molecule has 0 atom stereocenters. The largest absolute Gasteiger partial charge is 0.281 e. The summed E-state index contributed by atoms with van der Waals surface area (Å²) in [7, 11) is 0. The van der Waals surface area contributed by atoms with Crippen LogP contribution in [-0.4, -0.2) is 5.24 Å². The van der Waals surface area contributed by atoms with E-state index in [1.165, 1.54) is 11.1 Å². The van der Waals surface area contributed by atoms with E-state index in [0.717, 1.165) is 18.4 Å². The Labute approximate surface area is 112 Å². The third-order valence-electron chi connectivity index (χ3n) is 2.97. The fourth-order valence-corrected chi connectivity index (χ4v) is 2.19. The minimum absolute atomic E-state index is 0.304. The first-order valence-corrected chi connectivity index (χ1v) is 6.42. The molecule has 0 bridgehead atoms. The van der Waals surface area contributed by atoms with Crippen LogP contribution in [0.2, 0.25) is 0 Å². The Kier molecular flexibility index (Phi) is 4.54. The Bertz CT molecular complexity index is 520. The molecule has 0 N–H and O–H groups in total. The Morgan fingerprint density at radius 1 is 0.833 bits per heavy atom. The van der Waals surface area contributed by atoms with Gasteiger partial charge in [-0.3, -0.25) is 4.79 Å². The van der Waals surface area contributed by atoms with Gasteiger partial charge < -0.3 is 0 Å². The number of carbonyl (C=O) groups is 1. The van der Waals surface area contributed by atoms with E-state index in [1.807, 2.05) is 36.4 Å². The first kappa shape index (κ1) is 12.8. The van der Waals surface area contributed by atoms with Crippen LogP contribution in [0.25, 0.3) is 0 Å². The van der Waals surface area contributed by atoms with Gasteiger partial charge >= 0.3 is 0 Å². The van der Waals surface area contributed by atoms with Crippen LogP contribution in [0, 0.1) is 0 Å². The Morgan fingerprint density at radius 2 is 1.44 bits per heavy atom. The van der Waals surface area contributed by atoms with Crippen molar-refractivity contribution in [2.75, 3.05) is 0 Å². The molecule has 0 spiro atoms. The SMILES string of the molecule is O=C(Cl)Cc1ccccc1CCc1ccccc1. The number of hydrogen-bond acceptors (Lipinski definition) is 1. The summed E-state index contributed by atoms with van der Waals surface area (Å²) < 4.78 is 0. The molecule has 0 saturated carbocycles. The first-order chi connectivity index (χ1) is 8.75. The van der Waals surface area contributed by atoms with Gasteiger partial charge in [-0.05, 0) is 41.1 Å². The van der Waals surface area contributed by atoms with Crippen LogP contribution < -0.4 is 0 Å². The lowest BCUT2D eigenvalue weighted by molar-refractivity contribution is -0.111. The van der Waals surface area contributed by atoms with Gasteiger partial charge in [0, 0.05) is 6.42 Å². The zero-order valence-electron chi connectivity index (χ0n) is 10.1. The fourth-order valence-electron chi connectivity index (χ4n) is 2.05. The molecule has 0 aliphatic heterocycles. The highest BCUT2D eigenvalue weighted by Crippen LogP contribution is 2.14. The van der Waals surface area contributed by atoms with Gasteiger partial charge in [0.05, 0.1) is 0 Å². The van der Waals surface area contributed by atoms with Gasteiger partial charge in [-0.2, -0.15) is 0 Å². The van der Waals surface area contributed by atoms with Crippen molar-refractivity contribution in [3.05, 3.63) is 71.3 Å². The molecule has 2 heteroatoms. The van der Waals surface area contributed by atoms with Gasteiger partial charge in [0.1, 0.15) is 0 Å². The number of hydrogen-bond donors (Lipinski definition) is 0. The summed E-state index contributed by atoms with van der Waals surface area (Å²) in [5, 5.41) is -0.304. The van der Waals surface area contributed by atoms with Crippen LogP contribution in [0.3, 0.4) is 0 Å². The molecule has 2 aromatic carbocycles. The van der Waals surface area contributed by atoms with Crippen LogP contribution in [0.5, 0.6) is 0 Å². The lowest BCUT2D eigenvalue weighted by Crippen LogP contribution is -2.00. The second kappa shape index (κ2) is 6.36. The third-order valence-corrected chi connectivity index (χ3v) is 3.11. The molecule has 1 nitrogen and oxygen atoms in total. The van der Waals surface area contributed by atoms with E-state index in [2.05, 4.69) is 18.2 Å². The maximum absolute atomic E-state index is 11.0. The Morgan fingerprint density at radius 3 is 2.11 bits per heavy atom. The van der Waals surface area contributed by atoms with Crippen molar-refractivity contribution in [3.8, 4) is 0 Å². The van der Waals surface area contributed by atoms with E-state index in [9.17, 15) is 4.79 Å². The molecule has 0 fully saturated rings. The molecule has 0 saturated heterocycles. The maximum atomic E-state index is 11.0. The monoisotopic (exact) mass is 258 g/mol. The summed E-state index contributed by atoms with van der Waals surface area (Å²) in [5.41, 5.74) is 3.55. The summed E-state index contributed by atoms with van der Waals surface area (Å²) in [6.45, 7) is 0. The van der Waals surface area contributed by atoms with Crippen molar-refractivity contribution in [3.63, 3.8) is 0 Å². The number of rotatable bonds is 5. The average Bonchev–Trinajstić information content (AvgIpc) is 2.38. The highest BCUT2D eigenvalue weighted by molar-refractivity contribution is 6.63. The van der Waals surface area contributed by atoms with E-state index in [-0.39, 0.29) is 5.24 Å². The number of benzene rings is 2. The number of carbonyl (C=O) groups excluding carboxylic acids is 1. The summed E-state index contributed by atoms with van der Waals surface area (Å²) >= 11 is 5.46. The van der Waals surface area contributed by atoms with Crippen LogP contribution >= 0.6 is 11.6 Å². The normalized spacial score (nSPS) is 10.3. The summed E-state index contributed by atoms with van der Waals surface area (Å²) in [6.07, 6.45) is 2.23. The third kappa shape index (κ3) is 3.71. The number of halogens is 1. The summed E-state index contributed by atoms with van der Waals surface area (Å²) in [4.78, 5) is 11.0. The predicted molar refractivity (Wildman–Crippen MR) is 74.9 cm³/mol. The van der Waals surface area contributed by atoms with Crippen molar-refractivity contribution in [2.24, 2.45) is 0 Å². The molecule has 0 unspecified atom stereocenters. The van der Waals surface area contributed by atoms with Crippen LogP contribution in [0.4, 0.5) is 0 Å². The first-order valence-electron chi connectivity index (χ1n) is 6.05. The molecular formula is C16H15ClO. The van der Waals surface area contributed by atoms with Crippen LogP contribution in [-0.2, 0) is 24.1 Å². The Hall–Kier alpha value is -1.60. The van der Waals surface area contributed by atoms with Gasteiger partial charge in [0.2, 0.25) is 5.24 Å². The molecule has 18 heavy (non-hydrogen) atoms. The zero-order chi connectivity index (χ0) is 12.8. The average molecular weight is 259 g/mol. The lowest BCUT2D eigenvalue weighted by atomic mass is 9.98. The predicted octanol–water partition coefficient (Wildman–Crippen LogP) is 3.78. The molecule has 0 heterocycles. The van der Waals surface area contributed by atoms with Crippen molar-refractivity contribution in [1.29, 1.82) is 0 Å². The minimum Gasteiger partial charge on any atom is -0.281 e. The van der Waals surface area contributed by atoms with Crippen molar-refractivity contribution < 1.29 is 4.79 Å². The second-order valence-electron chi connectivity index (χ2n) is 4.29. The molecule has 0 aromatic heterocycles. The van der Waals surface area contributed by atoms with Crippen molar-refractivity contribution in [2.45, 2.75) is 19.3 Å². The van der Waals surface area contributed by atoms with E-state index >= 15 is 0 Å². The molecule has 0 radical (unpaired) electrons. The maximum Gasteiger partial charge on any atom is 0.226 e. The highest BCUT2D eigenvalue weighted by atomic mass is 35.5. The van der Waals surface area contributed by atoms with Gasteiger partial charge in [-0.15, -0.1) is 0 Å². The van der Waals surface area contributed by atoms with Crippen LogP contribution in [0.1, 0.15) is 16.7 Å². The molecule has 0 aliphatic rings. The minimum atomic E-state index is -0.304. The van der Waals surface area contributed by atoms with Crippen LogP contribution in [0.15, 0.2) is 54.6 Å². The van der Waals surface area contributed by atoms with Crippen molar-refractivity contribution in [1.82, 2.24) is 0 Å². The van der Waals surface area contributed by atoms with Gasteiger partial charge in [0.15, 0.2) is 0 Å². The molecule has 0 aliphatic carbocycles. The molecule has 2 aromatic rings. The highest BCUT2D eigenvalue weighted by Gasteiger charge is 2.05. The van der Waals surface area contributed by atoms with Gasteiger partial charge in [-0.25, -0.2) is 0 Å². The van der Waals surface area contributed by atoms with E-state index < -0.39 is 0 Å². The summed E-state index contributed by atoms with van der Waals surface area (Å²) in [6, 6.07) is 18.3. The van der Waals surface area contributed by atoms with E-state index in [1.54, 1.807) is 0 Å². The number of aryl methyl sites for hydroxylation is 2. The Balaban J connectivity index is 2.07. The quantitative estimate of drug-likeness (QED) is 0.746. The molecule has 0 amide bonds. The second-order valence-corrected chi connectivity index (χ2v) is 4.71. The fraction of sp³-hybridized carbons (Fsp3) is 0.188. The van der Waals surface area contributed by atoms with E-state index in [0.29, 0.717) is 6.42 Å². The van der Waals surface area contributed by atoms with Gasteiger partial charge in [-0.1, -0.05) is 54.6 Å². The molecular weight excluding hydrogens is 244 g/mol.